The van der Waals surface area contributed by atoms with Gasteiger partial charge in [-0.25, -0.2) is 13.8 Å². The second-order valence-corrected chi connectivity index (χ2v) is 7.91. The van der Waals surface area contributed by atoms with Gasteiger partial charge < -0.3 is 19.8 Å². The third-order valence-corrected chi connectivity index (χ3v) is 5.43. The van der Waals surface area contributed by atoms with E-state index >= 15 is 0 Å². The minimum atomic E-state index is -4.47. The molecule has 1 saturated heterocycles. The molecule has 14 heteroatoms. The van der Waals surface area contributed by atoms with E-state index in [0.29, 0.717) is 0 Å². The van der Waals surface area contributed by atoms with Gasteiger partial charge in [-0.1, -0.05) is 5.10 Å². The van der Waals surface area contributed by atoms with Gasteiger partial charge in [0.1, 0.15) is 28.5 Å². The predicted molar refractivity (Wildman–Crippen MR) is 106 cm³/mol. The van der Waals surface area contributed by atoms with Crippen molar-refractivity contribution in [3.05, 3.63) is 47.7 Å². The number of amides is 1. The fourth-order valence-corrected chi connectivity index (χ4v) is 3.78. The van der Waals surface area contributed by atoms with E-state index in [2.05, 4.69) is 25.8 Å². The number of halogens is 5. The Hall–Kier alpha value is -3.42. The first kappa shape index (κ1) is 22.8. The Morgan fingerprint density at radius 3 is 2.55 bits per heavy atom. The van der Waals surface area contributed by atoms with Crippen molar-refractivity contribution in [3.8, 4) is 17.2 Å². The van der Waals surface area contributed by atoms with Gasteiger partial charge in [0.25, 0.3) is 5.89 Å². The molecule has 4 rings (SSSR count). The molecule has 174 valence electrons. The summed E-state index contributed by atoms with van der Waals surface area (Å²) < 4.78 is 76.6. The summed E-state index contributed by atoms with van der Waals surface area (Å²) in [6, 6.07) is 3.12. The van der Waals surface area contributed by atoms with Gasteiger partial charge in [0.15, 0.2) is 0 Å². The molecule has 3 aromatic rings. The molecule has 0 radical (unpaired) electrons. The monoisotopic (exact) mass is 487 g/mol. The molecule has 0 aliphatic carbocycles. The van der Waals surface area contributed by atoms with Crippen molar-refractivity contribution in [2.24, 2.45) is 0 Å². The number of ether oxygens (including phenoxy) is 1. The molecule has 0 bridgehead atoms. The Morgan fingerprint density at radius 1 is 1.21 bits per heavy atom. The normalized spacial score (nSPS) is 18.3. The summed E-state index contributed by atoms with van der Waals surface area (Å²) in [5.74, 6) is -3.32. The Bertz CT molecular complexity index is 1150. The quantitative estimate of drug-likeness (QED) is 0.401. The summed E-state index contributed by atoms with van der Waals surface area (Å²) in [5, 5.41) is 12.4. The molecular formula is C19H14F5N5O3S. The summed E-state index contributed by atoms with van der Waals surface area (Å²) in [4.78, 5) is 16.0. The van der Waals surface area contributed by atoms with E-state index in [1.165, 1.54) is 13.2 Å². The van der Waals surface area contributed by atoms with Crippen molar-refractivity contribution in [1.82, 2.24) is 20.5 Å². The van der Waals surface area contributed by atoms with Crippen molar-refractivity contribution in [2.75, 3.05) is 19.0 Å². The van der Waals surface area contributed by atoms with Gasteiger partial charge in [0.05, 0.1) is 12.7 Å². The smallest absolute Gasteiger partial charge is 0.447 e. The number of thioether (sulfide) groups is 1. The van der Waals surface area contributed by atoms with Crippen molar-refractivity contribution in [3.63, 3.8) is 0 Å². The maximum Gasteiger partial charge on any atom is 0.447 e. The zero-order valence-corrected chi connectivity index (χ0v) is 17.4. The van der Waals surface area contributed by atoms with E-state index in [1.54, 1.807) is 0 Å². The van der Waals surface area contributed by atoms with Gasteiger partial charge in [0.2, 0.25) is 5.91 Å². The average molecular weight is 487 g/mol. The molecule has 1 aromatic carbocycles. The van der Waals surface area contributed by atoms with Crippen LogP contribution in [0.5, 0.6) is 5.75 Å². The maximum absolute atomic E-state index is 14.5. The maximum atomic E-state index is 14.5. The zero-order chi connectivity index (χ0) is 23.8. The molecular weight excluding hydrogens is 473 g/mol. The molecule has 3 heterocycles. The number of hydrogen-bond donors (Lipinski definition) is 2. The zero-order valence-electron chi connectivity index (χ0n) is 16.6. The van der Waals surface area contributed by atoms with E-state index in [1.807, 2.05) is 0 Å². The molecule has 1 aliphatic heterocycles. The van der Waals surface area contributed by atoms with Crippen LogP contribution in [-0.4, -0.2) is 46.3 Å². The van der Waals surface area contributed by atoms with Crippen molar-refractivity contribution >= 4 is 23.7 Å². The van der Waals surface area contributed by atoms with Crippen LogP contribution in [0.25, 0.3) is 11.5 Å². The largest absolute Gasteiger partial charge is 0.497 e. The summed E-state index contributed by atoms with van der Waals surface area (Å²) >= 11 is -0.370. The lowest BCUT2D eigenvalue weighted by Crippen LogP contribution is -2.33. The minimum Gasteiger partial charge on any atom is -0.497 e. The highest BCUT2D eigenvalue weighted by Crippen LogP contribution is 2.36. The third-order valence-electron chi connectivity index (χ3n) is 4.75. The van der Waals surface area contributed by atoms with Gasteiger partial charge in [0, 0.05) is 48.1 Å². The summed E-state index contributed by atoms with van der Waals surface area (Å²) in [6.45, 7) is -0.0417. The fourth-order valence-electron chi connectivity index (χ4n) is 3.31. The van der Waals surface area contributed by atoms with E-state index in [9.17, 15) is 26.7 Å². The molecule has 1 amide bonds. The third kappa shape index (κ3) is 4.99. The van der Waals surface area contributed by atoms with Crippen LogP contribution >= 0.6 is 11.8 Å². The van der Waals surface area contributed by atoms with Crippen LogP contribution in [-0.2, 0) is 4.79 Å². The van der Waals surface area contributed by atoms with Gasteiger partial charge in [-0.2, -0.15) is 13.2 Å². The van der Waals surface area contributed by atoms with Crippen molar-refractivity contribution in [1.29, 1.82) is 0 Å². The van der Waals surface area contributed by atoms with Crippen LogP contribution in [0, 0.1) is 11.6 Å². The van der Waals surface area contributed by atoms with Crippen LogP contribution < -0.4 is 15.4 Å². The van der Waals surface area contributed by atoms with Crippen LogP contribution in [0.1, 0.15) is 11.5 Å². The number of pyridine rings is 1. The Kier molecular flexibility index (Phi) is 6.10. The molecule has 2 aromatic heterocycles. The minimum absolute atomic E-state index is 0.00894. The highest BCUT2D eigenvalue weighted by molar-refractivity contribution is 8.00. The van der Waals surface area contributed by atoms with Crippen molar-refractivity contribution in [2.45, 2.75) is 22.5 Å². The molecule has 2 unspecified atom stereocenters. The number of nitrogens with one attached hydrogen (secondary N) is 2. The standard InChI is InChI=1S/C19H14F5N5O3S/c1-31-9-4-11(20)14(12(21)5-9)10-7-26-16(30)15(10)27-18-29-28-17(32-18)8-2-3-13(25-6-8)33-19(22,23)24/h2-6,10,15H,7H2,1H3,(H,26,30)(H,27,29). The van der Waals surface area contributed by atoms with Gasteiger partial charge in [-0.05, 0) is 12.1 Å². The molecule has 2 atom stereocenters. The van der Waals surface area contributed by atoms with Crippen molar-refractivity contribution < 1.29 is 35.9 Å². The number of alkyl halides is 3. The van der Waals surface area contributed by atoms with E-state index in [-0.39, 0.29) is 52.1 Å². The highest BCUT2D eigenvalue weighted by atomic mass is 32.2. The van der Waals surface area contributed by atoms with Gasteiger partial charge >= 0.3 is 11.5 Å². The van der Waals surface area contributed by atoms with Gasteiger partial charge in [-0.3, -0.25) is 4.79 Å². The molecule has 0 saturated carbocycles. The lowest BCUT2D eigenvalue weighted by molar-refractivity contribution is -0.119. The van der Waals surface area contributed by atoms with Gasteiger partial charge in [-0.15, -0.1) is 5.10 Å². The van der Waals surface area contributed by atoms with E-state index in [0.717, 1.165) is 24.4 Å². The Balaban J connectivity index is 1.53. The number of carbonyl (C=O) groups excluding carboxylic acids is 1. The number of rotatable bonds is 6. The first-order chi connectivity index (χ1) is 15.6. The van der Waals surface area contributed by atoms with Crippen LogP contribution in [0.4, 0.5) is 28.0 Å². The number of anilines is 1. The number of carbonyl (C=O) groups is 1. The van der Waals surface area contributed by atoms with Crippen LogP contribution in [0.15, 0.2) is 39.9 Å². The first-order valence-corrected chi connectivity index (χ1v) is 10.1. The number of hydrogen-bond acceptors (Lipinski definition) is 8. The molecule has 1 fully saturated rings. The lowest BCUT2D eigenvalue weighted by atomic mass is 9.93. The van der Waals surface area contributed by atoms with E-state index in [4.69, 9.17) is 9.15 Å². The molecule has 1 aliphatic rings. The predicted octanol–water partition coefficient (Wildman–Crippen LogP) is 3.72. The average Bonchev–Trinajstić information content (AvgIpc) is 3.35. The fraction of sp³-hybridized carbons (Fsp3) is 0.263. The second kappa shape index (κ2) is 8.84. The second-order valence-electron chi connectivity index (χ2n) is 6.82. The summed E-state index contributed by atoms with van der Waals surface area (Å²) in [7, 11) is 1.27. The topological polar surface area (TPSA) is 102 Å². The number of methoxy groups -OCH3 is 1. The molecule has 0 spiro atoms. The Morgan fingerprint density at radius 2 is 1.94 bits per heavy atom. The summed E-state index contributed by atoms with van der Waals surface area (Å²) in [6.07, 6.45) is 1.12. The lowest BCUT2D eigenvalue weighted by Gasteiger charge is -2.19. The molecule has 2 N–H and O–H groups in total. The van der Waals surface area contributed by atoms with Crippen LogP contribution in [0.2, 0.25) is 0 Å². The first-order valence-electron chi connectivity index (χ1n) is 9.27. The number of aromatic nitrogens is 3. The van der Waals surface area contributed by atoms with E-state index < -0.39 is 35.0 Å². The SMILES string of the molecule is COc1cc(F)c(C2CNC(=O)C2Nc2nnc(-c3ccc(SC(F)(F)F)nc3)o2)c(F)c1. The number of benzene rings is 1. The van der Waals surface area contributed by atoms with Crippen LogP contribution in [0.3, 0.4) is 0 Å². The highest BCUT2D eigenvalue weighted by Gasteiger charge is 2.40. The molecule has 33 heavy (non-hydrogen) atoms. The molecule has 8 nitrogen and oxygen atoms in total. The number of nitrogens with zero attached hydrogens (tertiary/aromatic N) is 3. The summed E-state index contributed by atoms with van der Waals surface area (Å²) in [5.41, 5.74) is -4.55. The Labute approximate surface area is 186 Å².